The van der Waals surface area contributed by atoms with Crippen molar-refractivity contribution >= 4 is 22.8 Å². The Morgan fingerprint density at radius 2 is 0.731 bits per heavy atom. The number of nitrogens with zero attached hydrogens (tertiary/aromatic N) is 4. The van der Waals surface area contributed by atoms with Gasteiger partial charge in [-0.3, -0.25) is 20.0 Å². The minimum absolute atomic E-state index is 0. The van der Waals surface area contributed by atoms with Crippen molar-refractivity contribution in [2.45, 2.75) is 40.5 Å². The Balaban J connectivity index is -0.000000268. The zero-order chi connectivity index (χ0) is 17.9. The third-order valence-electron chi connectivity index (χ3n) is 3.08. The fraction of sp³-hybridized carbons (Fsp3) is 0.625. The van der Waals surface area contributed by atoms with Gasteiger partial charge in [0.1, 0.15) is 0 Å². The van der Waals surface area contributed by atoms with E-state index in [0.29, 0.717) is 0 Å². The Labute approximate surface area is 170 Å². The van der Waals surface area contributed by atoms with Crippen LogP contribution in [0.25, 0.3) is 0 Å². The van der Waals surface area contributed by atoms with Gasteiger partial charge in [-0.05, 0) is 40.5 Å². The van der Waals surface area contributed by atoms with Crippen LogP contribution in [-0.2, 0) is 16.8 Å². The van der Waals surface area contributed by atoms with Crippen molar-refractivity contribution < 1.29 is 45.7 Å². The molecule has 0 saturated carbocycles. The van der Waals surface area contributed by atoms with Gasteiger partial charge in [-0.1, -0.05) is 0 Å². The summed E-state index contributed by atoms with van der Waals surface area (Å²) in [6.45, 7) is 11.4. The van der Waals surface area contributed by atoms with Crippen molar-refractivity contribution in [2.24, 2.45) is 20.0 Å². The predicted molar refractivity (Wildman–Crippen MR) is 94.0 cm³/mol. The number of halogens is 1. The zero-order valence-electron chi connectivity index (χ0n) is 16.4. The molecule has 0 N–H and O–H groups in total. The Morgan fingerprint density at radius 1 is 0.577 bits per heavy atom. The average molecular weight is 437 g/mol. The van der Waals surface area contributed by atoms with Crippen LogP contribution in [0.3, 0.4) is 0 Å². The maximum absolute atomic E-state index is 8.49. The van der Waals surface area contributed by atoms with Crippen molar-refractivity contribution in [3.8, 4) is 0 Å². The van der Waals surface area contributed by atoms with Crippen molar-refractivity contribution in [1.29, 1.82) is 0 Å². The summed E-state index contributed by atoms with van der Waals surface area (Å²) < 4.78 is 34.0. The summed E-state index contributed by atoms with van der Waals surface area (Å²) in [6, 6.07) is 0. The number of hydrogen-bond acceptors (Lipinski definition) is 8. The molecule has 154 valence electrons. The van der Waals surface area contributed by atoms with Gasteiger partial charge in [-0.15, -0.1) is 10.2 Å². The van der Waals surface area contributed by atoms with E-state index in [1.165, 1.54) is 0 Å². The minimum atomic E-state index is -4.94. The number of aliphatic imine (C=N–C) groups is 4. The molecule has 0 unspecified atom stereocenters. The first kappa shape index (κ1) is 32.9. The molecule has 10 heteroatoms. The summed E-state index contributed by atoms with van der Waals surface area (Å²) in [7, 11) is -4.94. The summed E-state index contributed by atoms with van der Waals surface area (Å²) in [5, 5.41) is 0. The van der Waals surface area contributed by atoms with Crippen LogP contribution in [0, 0.1) is 25.1 Å². The van der Waals surface area contributed by atoms with Crippen LogP contribution < -0.4 is 18.6 Å². The third kappa shape index (κ3) is 21.4. The molecule has 1 rings (SSSR count). The summed E-state index contributed by atoms with van der Waals surface area (Å²) in [5.41, 5.74) is 4.19. The smallest absolute Gasteiger partial charge is 0.358 e. The molecule has 1 aliphatic rings. The molecule has 0 saturated heterocycles. The van der Waals surface area contributed by atoms with E-state index in [0.717, 1.165) is 61.9 Å². The zero-order valence-corrected chi connectivity index (χ0v) is 18.2. The van der Waals surface area contributed by atoms with Gasteiger partial charge in [0.25, 0.3) is 0 Å². The van der Waals surface area contributed by atoms with Crippen LogP contribution in [0.2, 0.25) is 0 Å². The minimum Gasteiger partial charge on any atom is -0.358 e. The van der Waals surface area contributed by atoms with Crippen LogP contribution in [-0.4, -0.2) is 49.0 Å². The first-order chi connectivity index (χ1) is 10.6. The third-order valence-corrected chi connectivity index (χ3v) is 3.08. The largest absolute Gasteiger partial charge is 3.00 e. The van der Waals surface area contributed by atoms with Crippen molar-refractivity contribution in [3.63, 3.8) is 0 Å². The Hall–Kier alpha value is -0.684. The molecule has 1 heterocycles. The molecule has 1 aliphatic heterocycles. The van der Waals surface area contributed by atoms with E-state index in [4.69, 9.17) is 18.6 Å². The van der Waals surface area contributed by atoms with E-state index in [1.54, 1.807) is 0 Å². The van der Waals surface area contributed by atoms with Gasteiger partial charge in [-0.25, -0.2) is 18.6 Å². The molecule has 0 atom stereocenters. The second-order valence-electron chi connectivity index (χ2n) is 4.95. The average Bonchev–Trinajstić information content (AvgIpc) is 2.43. The Kier molecular flexibility index (Phi) is 22.4. The van der Waals surface area contributed by atoms with Crippen LogP contribution in [0.1, 0.15) is 40.5 Å². The quantitative estimate of drug-likeness (QED) is 0.438. The molecular weight excluding hydrogens is 407 g/mol. The van der Waals surface area contributed by atoms with E-state index in [-0.39, 0.29) is 31.6 Å². The number of hydrogen-bond donors (Lipinski definition) is 0. The Bertz CT molecular complexity index is 409. The van der Waals surface area contributed by atoms with E-state index in [9.17, 15) is 0 Å². The first-order valence-electron chi connectivity index (χ1n) is 7.28. The van der Waals surface area contributed by atoms with Crippen LogP contribution in [0.4, 0.5) is 0 Å². The van der Waals surface area contributed by atoms with Gasteiger partial charge in [0.15, 0.2) is 0 Å². The maximum atomic E-state index is 8.49. The predicted octanol–water partition coefficient (Wildman–Crippen LogP) is -1.23. The standard InChI is InChI=1S/C14H24N4.2CH3.ClHO4.Co/c1-11-12(2)16-8-6-10-18-14(4)13(3)17-9-5-7-15-11;;;2-1(3,4)5;/h5-10H2,1-4H3;2*1H3;(H,2,3,4,5);/q;2*-1;;+3/p-1. The fourth-order valence-corrected chi connectivity index (χ4v) is 1.59. The van der Waals surface area contributed by atoms with Crippen molar-refractivity contribution in [1.82, 2.24) is 0 Å². The maximum Gasteiger partial charge on any atom is 3.00 e. The summed E-state index contributed by atoms with van der Waals surface area (Å²) in [6.07, 6.45) is 1.96. The molecule has 0 amide bonds. The van der Waals surface area contributed by atoms with Gasteiger partial charge < -0.3 is 14.9 Å². The van der Waals surface area contributed by atoms with Gasteiger partial charge in [0, 0.05) is 26.2 Å². The summed E-state index contributed by atoms with van der Waals surface area (Å²) in [4.78, 5) is 18.1. The second-order valence-corrected chi connectivity index (χ2v) is 5.71. The van der Waals surface area contributed by atoms with Gasteiger partial charge in [-0.2, -0.15) is 0 Å². The SMILES string of the molecule is CC1=NCCCN=C(C)C(C)=NCCCN=C1C.[CH3-].[CH3-].[Co+3].[O-][Cl+3]([O-])([O-])[O-]. The Morgan fingerprint density at radius 3 is 0.885 bits per heavy atom. The summed E-state index contributed by atoms with van der Waals surface area (Å²) in [5.74, 6) is 0. The molecule has 0 spiro atoms. The molecule has 0 bridgehead atoms. The molecular formula is C16H30ClCoN4O4. The van der Waals surface area contributed by atoms with Crippen LogP contribution in [0.15, 0.2) is 20.0 Å². The van der Waals surface area contributed by atoms with Crippen molar-refractivity contribution in [3.05, 3.63) is 14.9 Å². The molecule has 0 aliphatic carbocycles. The molecule has 8 nitrogen and oxygen atoms in total. The molecule has 0 aromatic carbocycles. The topological polar surface area (TPSA) is 142 Å². The van der Waals surface area contributed by atoms with Crippen molar-refractivity contribution in [2.75, 3.05) is 26.2 Å². The molecule has 0 fully saturated rings. The van der Waals surface area contributed by atoms with Crippen LogP contribution >= 0.6 is 0 Å². The normalized spacial score (nSPS) is 16.3. The van der Waals surface area contributed by atoms with Gasteiger partial charge >= 0.3 is 16.8 Å². The molecule has 0 radical (unpaired) electrons. The van der Waals surface area contributed by atoms with E-state index in [1.807, 2.05) is 27.7 Å². The van der Waals surface area contributed by atoms with Gasteiger partial charge in [0.2, 0.25) is 0 Å². The van der Waals surface area contributed by atoms with E-state index < -0.39 is 10.2 Å². The van der Waals surface area contributed by atoms with Crippen LogP contribution in [0.5, 0.6) is 0 Å². The van der Waals surface area contributed by atoms with Gasteiger partial charge in [0.05, 0.1) is 22.8 Å². The summed E-state index contributed by atoms with van der Waals surface area (Å²) >= 11 is 0. The second kappa shape index (κ2) is 17.7. The van der Waals surface area contributed by atoms with E-state index >= 15 is 0 Å². The molecule has 26 heavy (non-hydrogen) atoms. The number of rotatable bonds is 0. The fourth-order valence-electron chi connectivity index (χ4n) is 1.59. The molecule has 0 aromatic heterocycles. The van der Waals surface area contributed by atoms with E-state index in [2.05, 4.69) is 20.0 Å². The molecule has 0 aromatic rings. The monoisotopic (exact) mass is 436 g/mol. The first-order valence-corrected chi connectivity index (χ1v) is 8.51.